The van der Waals surface area contributed by atoms with Crippen LogP contribution in [-0.4, -0.2) is 0 Å². The topological polar surface area (TPSA) is 9.23 Å². The zero-order chi connectivity index (χ0) is 30.2. The Labute approximate surface area is 264 Å². The lowest BCUT2D eigenvalue weighted by Crippen LogP contribution is -2.29. The second-order valence-corrected chi connectivity index (χ2v) is 12.8. The third kappa shape index (κ3) is 3.61. The van der Waals surface area contributed by atoms with Gasteiger partial charge in [-0.05, 0) is 87.3 Å². The van der Waals surface area contributed by atoms with E-state index >= 15 is 0 Å². The van der Waals surface area contributed by atoms with Gasteiger partial charge < -0.3 is 4.74 Å². The fourth-order valence-electron chi connectivity index (χ4n) is 8.13. The van der Waals surface area contributed by atoms with E-state index < -0.39 is 0 Å². The number of rotatable bonds is 3. The van der Waals surface area contributed by atoms with Gasteiger partial charge in [-0.1, -0.05) is 140 Å². The van der Waals surface area contributed by atoms with Crippen LogP contribution >= 0.6 is 0 Å². The summed E-state index contributed by atoms with van der Waals surface area (Å²) in [5, 5.41) is 2.60. The van der Waals surface area contributed by atoms with Crippen LogP contribution < -0.4 is 4.74 Å². The van der Waals surface area contributed by atoms with Crippen molar-refractivity contribution in [1.29, 1.82) is 0 Å². The van der Waals surface area contributed by atoms with Crippen LogP contribution in [0.5, 0.6) is 11.5 Å². The van der Waals surface area contributed by atoms with Crippen molar-refractivity contribution >= 4 is 10.8 Å². The fraction of sp³-hybridized carbons (Fsp3) is 0.0909. The molecule has 2 atom stereocenters. The second kappa shape index (κ2) is 9.55. The molecular formula is C44H32O. The van der Waals surface area contributed by atoms with Crippen molar-refractivity contribution in [2.45, 2.75) is 24.7 Å². The van der Waals surface area contributed by atoms with Crippen molar-refractivity contribution < 1.29 is 4.74 Å². The standard InChI is InChI=1S/C44H32O/c1-43(32-14-5-3-6-15-32)37-19-11-12-20-40(37)45-41-28-31(23-26-38(41)43)30-22-24-35-36-25-21-29-13-9-10-18-34(29)42(36)44(2,39(35)27-30)33-16-7-4-8-17-33/h3-28H,1-2H3. The van der Waals surface area contributed by atoms with E-state index in [1.54, 1.807) is 0 Å². The molecule has 0 radical (unpaired) electrons. The number of benzene rings is 7. The molecular weight excluding hydrogens is 544 g/mol. The smallest absolute Gasteiger partial charge is 0.132 e. The summed E-state index contributed by atoms with van der Waals surface area (Å²) < 4.78 is 6.66. The SMILES string of the molecule is CC1(c2ccccc2)c2ccccc2Oc2cc(-c3ccc4c(c3)C(C)(c3ccccc3)c3c-4ccc4ccccc34)ccc21. The van der Waals surface area contributed by atoms with Crippen LogP contribution in [0.25, 0.3) is 33.0 Å². The average Bonchev–Trinajstić information content (AvgIpc) is 3.37. The van der Waals surface area contributed by atoms with Crippen LogP contribution in [0, 0.1) is 0 Å². The van der Waals surface area contributed by atoms with E-state index in [0.717, 1.165) is 17.1 Å². The minimum absolute atomic E-state index is 0.293. The van der Waals surface area contributed by atoms with Gasteiger partial charge in [-0.3, -0.25) is 0 Å². The van der Waals surface area contributed by atoms with Crippen molar-refractivity contribution in [3.63, 3.8) is 0 Å². The van der Waals surface area contributed by atoms with Crippen molar-refractivity contribution in [3.8, 4) is 33.8 Å². The van der Waals surface area contributed by atoms with E-state index in [2.05, 4.69) is 172 Å². The van der Waals surface area contributed by atoms with Crippen molar-refractivity contribution in [3.05, 3.63) is 191 Å². The van der Waals surface area contributed by atoms with Gasteiger partial charge >= 0.3 is 0 Å². The maximum atomic E-state index is 6.66. The lowest BCUT2D eigenvalue weighted by molar-refractivity contribution is 0.427. The summed E-state index contributed by atoms with van der Waals surface area (Å²) in [5.41, 5.74) is 12.0. The van der Waals surface area contributed by atoms with Gasteiger partial charge in [0.1, 0.15) is 11.5 Å². The molecule has 1 aliphatic heterocycles. The predicted octanol–water partition coefficient (Wildman–Crippen LogP) is 11.3. The van der Waals surface area contributed by atoms with Crippen LogP contribution in [0.1, 0.15) is 47.2 Å². The highest BCUT2D eigenvalue weighted by atomic mass is 16.5. The summed E-state index contributed by atoms with van der Waals surface area (Å²) >= 11 is 0. The Morgan fingerprint density at radius 3 is 1.82 bits per heavy atom. The predicted molar refractivity (Wildman–Crippen MR) is 185 cm³/mol. The number of fused-ring (bicyclic) bond motifs is 7. The summed E-state index contributed by atoms with van der Waals surface area (Å²) in [6, 6.07) is 57.5. The molecule has 0 fully saturated rings. The molecule has 0 spiro atoms. The number of hydrogen-bond donors (Lipinski definition) is 0. The number of para-hydroxylation sites is 1. The second-order valence-electron chi connectivity index (χ2n) is 12.8. The molecule has 0 amide bonds. The van der Waals surface area contributed by atoms with Gasteiger partial charge in [0.25, 0.3) is 0 Å². The first-order valence-electron chi connectivity index (χ1n) is 15.8. The average molecular weight is 577 g/mol. The Morgan fingerprint density at radius 1 is 0.422 bits per heavy atom. The maximum Gasteiger partial charge on any atom is 0.132 e. The summed E-state index contributed by atoms with van der Waals surface area (Å²) in [4.78, 5) is 0. The minimum atomic E-state index is -0.323. The number of hydrogen-bond acceptors (Lipinski definition) is 1. The van der Waals surface area contributed by atoms with Crippen LogP contribution in [0.3, 0.4) is 0 Å². The molecule has 214 valence electrons. The summed E-state index contributed by atoms with van der Waals surface area (Å²) in [6.45, 7) is 4.73. The molecule has 0 N–H and O–H groups in total. The first kappa shape index (κ1) is 26.0. The van der Waals surface area contributed by atoms with E-state index in [9.17, 15) is 0 Å². The van der Waals surface area contributed by atoms with Crippen molar-refractivity contribution in [2.24, 2.45) is 0 Å². The van der Waals surface area contributed by atoms with E-state index in [-0.39, 0.29) is 10.8 Å². The normalized spacial score (nSPS) is 19.2. The Morgan fingerprint density at radius 2 is 1.02 bits per heavy atom. The molecule has 7 aromatic rings. The van der Waals surface area contributed by atoms with Gasteiger partial charge in [-0.15, -0.1) is 0 Å². The Balaban J connectivity index is 1.23. The molecule has 1 heterocycles. The molecule has 9 rings (SSSR count). The zero-order valence-electron chi connectivity index (χ0n) is 25.4. The Hall–Kier alpha value is -5.40. The van der Waals surface area contributed by atoms with Crippen LogP contribution in [-0.2, 0) is 10.8 Å². The quantitative estimate of drug-likeness (QED) is 0.203. The molecule has 0 aromatic heterocycles. The maximum absolute atomic E-state index is 6.66. The zero-order valence-corrected chi connectivity index (χ0v) is 25.4. The lowest BCUT2D eigenvalue weighted by Gasteiger charge is -2.38. The van der Waals surface area contributed by atoms with E-state index in [4.69, 9.17) is 4.74 Å². The monoisotopic (exact) mass is 576 g/mol. The minimum Gasteiger partial charge on any atom is -0.457 e. The van der Waals surface area contributed by atoms with E-state index in [0.29, 0.717) is 0 Å². The van der Waals surface area contributed by atoms with Gasteiger partial charge in [-0.2, -0.15) is 0 Å². The van der Waals surface area contributed by atoms with Crippen LogP contribution in [0.2, 0.25) is 0 Å². The Bertz CT molecular complexity index is 2270. The Kier molecular flexibility index (Phi) is 5.53. The summed E-state index contributed by atoms with van der Waals surface area (Å²) in [5.74, 6) is 1.83. The molecule has 2 unspecified atom stereocenters. The molecule has 0 saturated carbocycles. The highest BCUT2D eigenvalue weighted by Gasteiger charge is 2.43. The van der Waals surface area contributed by atoms with Crippen LogP contribution in [0.4, 0.5) is 0 Å². The van der Waals surface area contributed by atoms with E-state index in [1.807, 2.05) is 0 Å². The van der Waals surface area contributed by atoms with Crippen molar-refractivity contribution in [2.75, 3.05) is 0 Å². The van der Waals surface area contributed by atoms with Gasteiger partial charge in [0.2, 0.25) is 0 Å². The van der Waals surface area contributed by atoms with E-state index in [1.165, 1.54) is 60.8 Å². The van der Waals surface area contributed by atoms with Gasteiger partial charge in [0.05, 0.1) is 0 Å². The van der Waals surface area contributed by atoms with Gasteiger partial charge in [0, 0.05) is 22.0 Å². The number of ether oxygens (including phenoxy) is 1. The third-order valence-electron chi connectivity index (χ3n) is 10.5. The van der Waals surface area contributed by atoms with Crippen LogP contribution in [0.15, 0.2) is 158 Å². The highest BCUT2D eigenvalue weighted by molar-refractivity contribution is 5.99. The fourth-order valence-corrected chi connectivity index (χ4v) is 8.13. The highest BCUT2D eigenvalue weighted by Crippen LogP contribution is 2.56. The molecule has 1 heteroatoms. The first-order chi connectivity index (χ1) is 22.1. The third-order valence-corrected chi connectivity index (χ3v) is 10.5. The van der Waals surface area contributed by atoms with Gasteiger partial charge in [-0.25, -0.2) is 0 Å². The molecule has 1 nitrogen and oxygen atoms in total. The molecule has 2 aliphatic rings. The first-order valence-corrected chi connectivity index (χ1v) is 15.8. The molecule has 1 aliphatic carbocycles. The lowest BCUT2D eigenvalue weighted by atomic mass is 9.69. The van der Waals surface area contributed by atoms with Crippen molar-refractivity contribution in [1.82, 2.24) is 0 Å². The molecule has 0 saturated heterocycles. The molecule has 0 bridgehead atoms. The molecule has 7 aromatic carbocycles. The summed E-state index contributed by atoms with van der Waals surface area (Å²) in [6.07, 6.45) is 0. The summed E-state index contributed by atoms with van der Waals surface area (Å²) in [7, 11) is 0. The van der Waals surface area contributed by atoms with Gasteiger partial charge in [0.15, 0.2) is 0 Å². The largest absolute Gasteiger partial charge is 0.457 e. The molecule has 45 heavy (non-hydrogen) atoms.